The van der Waals surface area contributed by atoms with Gasteiger partial charge in [0.05, 0.1) is 34.9 Å². The third kappa shape index (κ3) is 3.90. The molecule has 3 heterocycles. The summed E-state index contributed by atoms with van der Waals surface area (Å²) in [6, 6.07) is 13.0. The lowest BCUT2D eigenvalue weighted by Crippen LogP contribution is -2.54. The van der Waals surface area contributed by atoms with Crippen LogP contribution in [0.2, 0.25) is 0 Å². The molecule has 7 nitrogen and oxygen atoms in total. The summed E-state index contributed by atoms with van der Waals surface area (Å²) >= 11 is 1.38. The van der Waals surface area contributed by atoms with Gasteiger partial charge in [-0.05, 0) is 50.1 Å². The average Bonchev–Trinajstić information content (AvgIpc) is 3.10. The lowest BCUT2D eigenvalue weighted by Gasteiger charge is -2.39. The molecule has 0 radical (unpaired) electrons. The zero-order valence-electron chi connectivity index (χ0n) is 16.7. The molecule has 0 spiro atoms. The first kappa shape index (κ1) is 20.0. The molecular weight excluding hydrogens is 398 g/mol. The molecule has 2 amide bonds. The summed E-state index contributed by atoms with van der Waals surface area (Å²) in [5, 5.41) is 22.0. The zero-order valence-corrected chi connectivity index (χ0v) is 17.5. The Balaban J connectivity index is 1.75. The fraction of sp³-hybridized carbons (Fsp3) is 0.273. The fourth-order valence-corrected chi connectivity index (χ4v) is 4.49. The Morgan fingerprint density at radius 3 is 2.67 bits per heavy atom. The molecule has 2 N–H and O–H groups in total. The molecule has 0 bridgehead atoms. The molecule has 1 aliphatic rings. The maximum absolute atomic E-state index is 12.6. The molecular formula is C22H21N5O2S. The number of benzene rings is 1. The molecule has 2 aromatic heterocycles. The van der Waals surface area contributed by atoms with Crippen LogP contribution in [0, 0.1) is 25.2 Å². The number of amides is 2. The Morgan fingerprint density at radius 2 is 2.03 bits per heavy atom. The van der Waals surface area contributed by atoms with Crippen LogP contribution in [0.1, 0.15) is 23.4 Å². The van der Waals surface area contributed by atoms with Gasteiger partial charge in [-0.1, -0.05) is 23.5 Å². The number of aromatic nitrogens is 2. The summed E-state index contributed by atoms with van der Waals surface area (Å²) in [6.07, 6.45) is 0.800. The summed E-state index contributed by atoms with van der Waals surface area (Å²) in [6.45, 7) is 4.46. The van der Waals surface area contributed by atoms with Crippen LogP contribution in [0.25, 0.3) is 21.7 Å². The lowest BCUT2D eigenvalue weighted by molar-refractivity contribution is 0.0770. The number of carbonyl (C=O) groups excluding carboxylic acids is 1. The number of hydrogen-bond acceptors (Lipinski definition) is 6. The van der Waals surface area contributed by atoms with E-state index in [2.05, 4.69) is 16.4 Å². The number of nitrogens with one attached hydrogen (secondary N) is 1. The van der Waals surface area contributed by atoms with E-state index in [1.54, 1.807) is 17.0 Å². The fourth-order valence-electron chi connectivity index (χ4n) is 3.53. The zero-order chi connectivity index (χ0) is 21.3. The number of carbonyl (C=O) groups is 1. The van der Waals surface area contributed by atoms with Crippen LogP contribution in [0.4, 0.5) is 9.93 Å². The molecule has 1 fully saturated rings. The summed E-state index contributed by atoms with van der Waals surface area (Å²) in [5.41, 5.74) is 4.82. The highest BCUT2D eigenvalue weighted by molar-refractivity contribution is 7.19. The Morgan fingerprint density at radius 1 is 1.27 bits per heavy atom. The van der Waals surface area contributed by atoms with E-state index in [-0.39, 0.29) is 18.7 Å². The third-order valence-corrected chi connectivity index (χ3v) is 6.09. The van der Waals surface area contributed by atoms with Crippen molar-refractivity contribution < 1.29 is 9.90 Å². The Labute approximate surface area is 178 Å². The van der Waals surface area contributed by atoms with E-state index in [4.69, 9.17) is 4.98 Å². The van der Waals surface area contributed by atoms with Crippen molar-refractivity contribution in [1.82, 2.24) is 14.9 Å². The molecule has 0 saturated carbocycles. The standard InChI is InChI=1S/C22H21N5O2S/c1-13-8-17(9-14(2)24-13)20-19(16-5-3-4-15(10-16)11-23)25-21(30-20)26-22(29)27-7-6-18(27)12-28/h3-5,8-10,18,28H,6-7,12H2,1-2H3,(H,25,26,29)/t18-/m1/s1. The number of thiazole rings is 1. The minimum Gasteiger partial charge on any atom is -0.394 e. The second-order valence-electron chi connectivity index (χ2n) is 7.28. The van der Waals surface area contributed by atoms with Crippen molar-refractivity contribution in [3.63, 3.8) is 0 Å². The van der Waals surface area contributed by atoms with E-state index >= 15 is 0 Å². The number of likely N-dealkylation sites (tertiary alicyclic amines) is 1. The van der Waals surface area contributed by atoms with Crippen LogP contribution in [-0.2, 0) is 0 Å². The van der Waals surface area contributed by atoms with Crippen molar-refractivity contribution in [3.05, 3.63) is 53.3 Å². The Bertz CT molecular complexity index is 1130. The first-order chi connectivity index (χ1) is 14.5. The van der Waals surface area contributed by atoms with Gasteiger partial charge in [-0.15, -0.1) is 0 Å². The molecule has 8 heteroatoms. The van der Waals surface area contributed by atoms with Crippen molar-refractivity contribution in [2.45, 2.75) is 26.3 Å². The number of pyridine rings is 1. The molecule has 30 heavy (non-hydrogen) atoms. The van der Waals surface area contributed by atoms with Crippen molar-refractivity contribution in [3.8, 4) is 27.8 Å². The highest BCUT2D eigenvalue weighted by Crippen LogP contribution is 2.40. The predicted molar refractivity (Wildman–Crippen MR) is 116 cm³/mol. The summed E-state index contributed by atoms with van der Waals surface area (Å²) in [5.74, 6) is 0. The van der Waals surface area contributed by atoms with Crippen LogP contribution >= 0.6 is 11.3 Å². The van der Waals surface area contributed by atoms with Crippen LogP contribution in [0.15, 0.2) is 36.4 Å². The highest BCUT2D eigenvalue weighted by atomic mass is 32.1. The summed E-state index contributed by atoms with van der Waals surface area (Å²) < 4.78 is 0. The van der Waals surface area contributed by atoms with Crippen molar-refractivity contribution in [1.29, 1.82) is 5.26 Å². The smallest absolute Gasteiger partial charge is 0.323 e. The first-order valence-corrected chi connectivity index (χ1v) is 10.5. The molecule has 1 aliphatic heterocycles. The molecule has 1 saturated heterocycles. The van der Waals surface area contributed by atoms with E-state index in [0.717, 1.165) is 33.8 Å². The van der Waals surface area contributed by atoms with Gasteiger partial charge in [0.1, 0.15) is 0 Å². The van der Waals surface area contributed by atoms with Crippen molar-refractivity contribution in [2.24, 2.45) is 0 Å². The van der Waals surface area contributed by atoms with Crippen molar-refractivity contribution in [2.75, 3.05) is 18.5 Å². The number of urea groups is 1. The molecule has 0 unspecified atom stereocenters. The second kappa shape index (κ2) is 8.22. The normalized spacial score (nSPS) is 15.4. The monoisotopic (exact) mass is 419 g/mol. The second-order valence-corrected chi connectivity index (χ2v) is 8.28. The van der Waals surface area contributed by atoms with E-state index in [0.29, 0.717) is 22.9 Å². The third-order valence-electron chi connectivity index (χ3n) is 5.07. The summed E-state index contributed by atoms with van der Waals surface area (Å²) in [4.78, 5) is 24.2. The Hall–Kier alpha value is -3.28. The number of aliphatic hydroxyl groups is 1. The van der Waals surface area contributed by atoms with Crippen LogP contribution < -0.4 is 5.32 Å². The van der Waals surface area contributed by atoms with Crippen molar-refractivity contribution >= 4 is 22.5 Å². The van der Waals surface area contributed by atoms with Gasteiger partial charge in [0, 0.05) is 23.5 Å². The number of nitriles is 1. The van der Waals surface area contributed by atoms with Gasteiger partial charge in [0.25, 0.3) is 0 Å². The van der Waals surface area contributed by atoms with E-state index < -0.39 is 0 Å². The van der Waals surface area contributed by atoms with Gasteiger partial charge in [0.15, 0.2) is 5.13 Å². The molecule has 1 atom stereocenters. The summed E-state index contributed by atoms with van der Waals surface area (Å²) in [7, 11) is 0. The van der Waals surface area contributed by atoms with E-state index in [9.17, 15) is 15.2 Å². The molecule has 1 aromatic carbocycles. The number of rotatable bonds is 4. The van der Waals surface area contributed by atoms with Gasteiger partial charge >= 0.3 is 6.03 Å². The SMILES string of the molecule is Cc1cc(-c2sc(NC(=O)N3CC[C@@H]3CO)nc2-c2cccc(C#N)c2)cc(C)n1. The van der Waals surface area contributed by atoms with Gasteiger partial charge in [-0.2, -0.15) is 5.26 Å². The topological polar surface area (TPSA) is 102 Å². The van der Waals surface area contributed by atoms with Gasteiger partial charge in [-0.3, -0.25) is 10.3 Å². The average molecular weight is 420 g/mol. The number of aryl methyl sites for hydroxylation is 2. The number of hydrogen-bond donors (Lipinski definition) is 2. The van der Waals surface area contributed by atoms with Gasteiger partial charge in [-0.25, -0.2) is 9.78 Å². The molecule has 152 valence electrons. The van der Waals surface area contributed by atoms with Gasteiger partial charge < -0.3 is 10.0 Å². The van der Waals surface area contributed by atoms with Crippen LogP contribution in [0.3, 0.4) is 0 Å². The predicted octanol–water partition coefficient (Wildman–Crippen LogP) is 3.96. The largest absolute Gasteiger partial charge is 0.394 e. The minimum atomic E-state index is -0.264. The maximum Gasteiger partial charge on any atom is 0.323 e. The Kier molecular flexibility index (Phi) is 5.48. The number of aliphatic hydroxyl groups excluding tert-OH is 1. The van der Waals surface area contributed by atoms with E-state index in [1.807, 2.05) is 38.1 Å². The molecule has 3 aromatic rings. The molecule has 0 aliphatic carbocycles. The van der Waals surface area contributed by atoms with Gasteiger partial charge in [0.2, 0.25) is 0 Å². The minimum absolute atomic E-state index is 0.0433. The number of nitrogens with zero attached hydrogens (tertiary/aromatic N) is 4. The first-order valence-electron chi connectivity index (χ1n) is 9.64. The number of anilines is 1. The van der Waals surface area contributed by atoms with Crippen LogP contribution in [-0.4, -0.2) is 45.2 Å². The van der Waals surface area contributed by atoms with E-state index in [1.165, 1.54) is 11.3 Å². The van der Waals surface area contributed by atoms with Crippen LogP contribution in [0.5, 0.6) is 0 Å². The highest BCUT2D eigenvalue weighted by Gasteiger charge is 2.32. The lowest BCUT2D eigenvalue weighted by atomic mass is 10.0. The maximum atomic E-state index is 12.6. The quantitative estimate of drug-likeness (QED) is 0.666. The molecule has 4 rings (SSSR count).